The highest BCUT2D eigenvalue weighted by Gasteiger charge is 2.17. The number of esters is 1. The maximum Gasteiger partial charge on any atom is 0.339 e. The Labute approximate surface area is 201 Å². The van der Waals surface area contributed by atoms with Gasteiger partial charge >= 0.3 is 5.97 Å². The van der Waals surface area contributed by atoms with Gasteiger partial charge in [0.05, 0.1) is 16.8 Å². The Morgan fingerprint density at radius 3 is 2.09 bits per heavy atom. The number of rotatable bonds is 6. The van der Waals surface area contributed by atoms with E-state index in [0.717, 1.165) is 11.1 Å². The van der Waals surface area contributed by atoms with E-state index in [-0.39, 0.29) is 18.2 Å². The third-order valence-corrected chi connectivity index (χ3v) is 5.72. The van der Waals surface area contributed by atoms with E-state index in [4.69, 9.17) is 4.74 Å². The molecule has 0 saturated heterocycles. The average molecular weight is 461 g/mol. The molecule has 0 bridgehead atoms. The van der Waals surface area contributed by atoms with E-state index in [2.05, 4.69) is 4.98 Å². The Kier molecular flexibility index (Phi) is 6.14. The third-order valence-electron chi connectivity index (χ3n) is 5.72. The molecule has 0 atom stereocenters. The predicted octanol–water partition coefficient (Wildman–Crippen LogP) is 6.75. The maximum absolute atomic E-state index is 13.4. The summed E-state index contributed by atoms with van der Waals surface area (Å²) < 4.78 is 18.8. The predicted molar refractivity (Wildman–Crippen MR) is 134 cm³/mol. The number of hydrogen-bond donors (Lipinski definition) is 0. The van der Waals surface area contributed by atoms with Gasteiger partial charge in [0.1, 0.15) is 5.82 Å². The number of benzene rings is 4. The zero-order valence-electron chi connectivity index (χ0n) is 18.6. The molecule has 0 N–H and O–H groups in total. The van der Waals surface area contributed by atoms with Gasteiger partial charge in [0, 0.05) is 16.5 Å². The molecule has 1 heterocycles. The Balaban J connectivity index is 1.36. The molecule has 0 amide bonds. The van der Waals surface area contributed by atoms with Crippen molar-refractivity contribution in [3.05, 3.63) is 126 Å². The first-order valence-corrected chi connectivity index (χ1v) is 11.1. The lowest BCUT2D eigenvalue weighted by atomic mass is 10.0. The van der Waals surface area contributed by atoms with Gasteiger partial charge in [-0.2, -0.15) is 0 Å². The molecular weight excluding hydrogens is 441 g/mol. The van der Waals surface area contributed by atoms with Crippen LogP contribution in [-0.2, 0) is 4.74 Å². The van der Waals surface area contributed by atoms with E-state index in [0.29, 0.717) is 33.3 Å². The molecule has 35 heavy (non-hydrogen) atoms. The van der Waals surface area contributed by atoms with Crippen LogP contribution in [0.5, 0.6) is 0 Å². The summed E-state index contributed by atoms with van der Waals surface area (Å²) in [5, 5.41) is 0.614. The summed E-state index contributed by atoms with van der Waals surface area (Å²) >= 11 is 0. The van der Waals surface area contributed by atoms with Crippen LogP contribution in [0.1, 0.15) is 20.7 Å². The molecule has 0 aliphatic heterocycles. The highest BCUT2D eigenvalue weighted by Crippen LogP contribution is 2.26. The summed E-state index contributed by atoms with van der Waals surface area (Å²) in [6, 6.07) is 31.7. The quantitative estimate of drug-likeness (QED) is 0.207. The monoisotopic (exact) mass is 461 g/mol. The lowest BCUT2D eigenvalue weighted by Gasteiger charge is -2.10. The van der Waals surface area contributed by atoms with Crippen LogP contribution < -0.4 is 0 Å². The number of aromatic nitrogens is 1. The van der Waals surface area contributed by atoms with Gasteiger partial charge in [-0.3, -0.25) is 4.79 Å². The molecule has 0 spiro atoms. The zero-order valence-corrected chi connectivity index (χ0v) is 18.6. The van der Waals surface area contributed by atoms with Gasteiger partial charge in [-0.1, -0.05) is 72.8 Å². The minimum absolute atomic E-state index is 0.294. The first-order valence-electron chi connectivity index (χ1n) is 11.1. The summed E-state index contributed by atoms with van der Waals surface area (Å²) in [4.78, 5) is 30.3. The highest BCUT2D eigenvalue weighted by molar-refractivity contribution is 6.06. The van der Waals surface area contributed by atoms with Crippen molar-refractivity contribution < 1.29 is 18.7 Å². The second-order valence-corrected chi connectivity index (χ2v) is 8.02. The Bertz CT molecular complexity index is 1510. The van der Waals surface area contributed by atoms with Crippen molar-refractivity contribution in [1.29, 1.82) is 0 Å². The molecular formula is C30H20FNO3. The smallest absolute Gasteiger partial charge is 0.339 e. The van der Waals surface area contributed by atoms with Crippen molar-refractivity contribution in [2.45, 2.75) is 0 Å². The van der Waals surface area contributed by atoms with Crippen LogP contribution in [0.4, 0.5) is 4.39 Å². The van der Waals surface area contributed by atoms with Gasteiger partial charge in [0.2, 0.25) is 0 Å². The number of ketones is 1. The summed E-state index contributed by atoms with van der Waals surface area (Å²) in [6.45, 7) is -0.383. The SMILES string of the molecule is O=C(COC(=O)c1cc(-c2ccc(F)cc2)nc2ccccc12)c1ccc(-c2ccccc2)cc1. The van der Waals surface area contributed by atoms with Crippen molar-refractivity contribution in [3.8, 4) is 22.4 Å². The van der Waals surface area contributed by atoms with Crippen molar-refractivity contribution >= 4 is 22.7 Å². The minimum atomic E-state index is -0.624. The van der Waals surface area contributed by atoms with Gasteiger partial charge in [0.25, 0.3) is 0 Å². The van der Waals surface area contributed by atoms with Crippen LogP contribution in [0.15, 0.2) is 109 Å². The minimum Gasteiger partial charge on any atom is -0.454 e. The maximum atomic E-state index is 13.4. The topological polar surface area (TPSA) is 56.3 Å². The molecule has 5 rings (SSSR count). The molecule has 0 radical (unpaired) electrons. The Morgan fingerprint density at radius 2 is 1.34 bits per heavy atom. The first kappa shape index (κ1) is 22.2. The molecule has 0 fully saturated rings. The molecule has 0 saturated carbocycles. The summed E-state index contributed by atoms with van der Waals surface area (Å²) in [6.07, 6.45) is 0. The third kappa shape index (κ3) is 4.84. The fourth-order valence-corrected chi connectivity index (χ4v) is 3.88. The van der Waals surface area contributed by atoms with Crippen LogP contribution in [0.25, 0.3) is 33.3 Å². The van der Waals surface area contributed by atoms with E-state index in [1.54, 1.807) is 48.5 Å². The number of nitrogens with zero attached hydrogens (tertiary/aromatic N) is 1. The number of hydrogen-bond acceptors (Lipinski definition) is 4. The first-order chi connectivity index (χ1) is 17.1. The van der Waals surface area contributed by atoms with Crippen molar-refractivity contribution in [1.82, 2.24) is 4.98 Å². The molecule has 0 unspecified atom stereocenters. The molecule has 5 aromatic rings. The fraction of sp³-hybridized carbons (Fsp3) is 0.0333. The van der Waals surface area contributed by atoms with Crippen LogP contribution in [0.3, 0.4) is 0 Å². The standard InChI is InChI=1S/C30H20FNO3/c31-24-16-14-22(15-17-24)28-18-26(25-8-4-5-9-27(25)32-28)30(34)35-19-29(33)23-12-10-21(11-13-23)20-6-2-1-3-7-20/h1-18H,19H2. The van der Waals surface area contributed by atoms with E-state index < -0.39 is 5.97 Å². The lowest BCUT2D eigenvalue weighted by Crippen LogP contribution is -2.15. The van der Waals surface area contributed by atoms with Crippen molar-refractivity contribution in [2.75, 3.05) is 6.61 Å². The number of ether oxygens (including phenoxy) is 1. The average Bonchev–Trinajstić information content (AvgIpc) is 2.92. The van der Waals surface area contributed by atoms with Crippen molar-refractivity contribution in [3.63, 3.8) is 0 Å². The summed E-state index contributed by atoms with van der Waals surface area (Å²) in [5.41, 5.74) is 4.59. The molecule has 4 nitrogen and oxygen atoms in total. The van der Waals surface area contributed by atoms with Crippen LogP contribution in [0.2, 0.25) is 0 Å². The van der Waals surface area contributed by atoms with Crippen LogP contribution in [-0.4, -0.2) is 23.3 Å². The van der Waals surface area contributed by atoms with Crippen molar-refractivity contribution in [2.24, 2.45) is 0 Å². The van der Waals surface area contributed by atoms with Gasteiger partial charge in [-0.05, 0) is 47.5 Å². The van der Waals surface area contributed by atoms with Gasteiger partial charge in [-0.15, -0.1) is 0 Å². The number of pyridine rings is 1. The van der Waals surface area contributed by atoms with E-state index in [1.807, 2.05) is 48.5 Å². The second kappa shape index (κ2) is 9.69. The molecule has 1 aromatic heterocycles. The van der Waals surface area contributed by atoms with Crippen LogP contribution in [0, 0.1) is 5.82 Å². The fourth-order valence-electron chi connectivity index (χ4n) is 3.88. The summed E-state index contributed by atoms with van der Waals surface area (Å²) in [7, 11) is 0. The molecule has 0 aliphatic carbocycles. The normalized spacial score (nSPS) is 10.8. The zero-order chi connectivity index (χ0) is 24.2. The van der Waals surface area contributed by atoms with Gasteiger partial charge in [-0.25, -0.2) is 14.2 Å². The van der Waals surface area contributed by atoms with E-state index in [9.17, 15) is 14.0 Å². The summed E-state index contributed by atoms with van der Waals surface area (Å²) in [5.74, 6) is -1.28. The molecule has 170 valence electrons. The number of Topliss-reactive ketones (excluding diaryl/α,β-unsaturated/α-hetero) is 1. The van der Waals surface area contributed by atoms with E-state index in [1.165, 1.54) is 12.1 Å². The lowest BCUT2D eigenvalue weighted by molar-refractivity contribution is 0.0476. The second-order valence-electron chi connectivity index (χ2n) is 8.02. The highest BCUT2D eigenvalue weighted by atomic mass is 19.1. The number of fused-ring (bicyclic) bond motifs is 1. The number of para-hydroxylation sites is 1. The number of halogens is 1. The Morgan fingerprint density at radius 1 is 0.714 bits per heavy atom. The molecule has 5 heteroatoms. The van der Waals surface area contributed by atoms with Crippen LogP contribution >= 0.6 is 0 Å². The number of carbonyl (C=O) groups is 2. The Hall–Kier alpha value is -4.64. The number of carbonyl (C=O) groups excluding carboxylic acids is 2. The van der Waals surface area contributed by atoms with Gasteiger partial charge < -0.3 is 4.74 Å². The largest absolute Gasteiger partial charge is 0.454 e. The van der Waals surface area contributed by atoms with Gasteiger partial charge in [0.15, 0.2) is 12.4 Å². The molecule has 4 aromatic carbocycles. The molecule has 0 aliphatic rings. The van der Waals surface area contributed by atoms with E-state index >= 15 is 0 Å².